The highest BCUT2D eigenvalue weighted by atomic mass is 16.7. The maximum Gasteiger partial charge on any atom is 0.231 e. The third-order valence-electron chi connectivity index (χ3n) is 3.76. The molecule has 0 unspecified atom stereocenters. The van der Waals surface area contributed by atoms with Crippen molar-refractivity contribution in [3.63, 3.8) is 0 Å². The molecule has 2 heterocycles. The van der Waals surface area contributed by atoms with Crippen LogP contribution in [0.4, 0.5) is 5.69 Å². The van der Waals surface area contributed by atoms with E-state index in [4.69, 9.17) is 9.47 Å². The van der Waals surface area contributed by atoms with Crippen molar-refractivity contribution < 1.29 is 9.47 Å². The van der Waals surface area contributed by atoms with Crippen LogP contribution in [0.15, 0.2) is 18.2 Å². The Bertz CT molecular complexity index is 426. The Kier molecular flexibility index (Phi) is 3.04. The van der Waals surface area contributed by atoms with Gasteiger partial charge < -0.3 is 14.4 Å². The van der Waals surface area contributed by atoms with E-state index in [2.05, 4.69) is 29.7 Å². The van der Waals surface area contributed by atoms with Crippen molar-refractivity contribution in [2.45, 2.75) is 19.9 Å². The summed E-state index contributed by atoms with van der Waals surface area (Å²) in [6.07, 6.45) is 0. The zero-order valence-corrected chi connectivity index (χ0v) is 11.1. The van der Waals surface area contributed by atoms with Crippen LogP contribution < -0.4 is 14.4 Å². The van der Waals surface area contributed by atoms with Gasteiger partial charge in [0.15, 0.2) is 11.5 Å². The summed E-state index contributed by atoms with van der Waals surface area (Å²) in [5.74, 6) is 1.79. The van der Waals surface area contributed by atoms with E-state index in [0.717, 1.165) is 37.7 Å². The normalized spacial score (nSPS) is 19.6. The van der Waals surface area contributed by atoms with E-state index >= 15 is 0 Å². The van der Waals surface area contributed by atoms with Crippen molar-refractivity contribution in [1.82, 2.24) is 4.90 Å². The van der Waals surface area contributed by atoms with Crippen molar-refractivity contribution >= 4 is 5.69 Å². The van der Waals surface area contributed by atoms with Gasteiger partial charge in [-0.2, -0.15) is 0 Å². The van der Waals surface area contributed by atoms with Crippen LogP contribution >= 0.6 is 0 Å². The molecule has 0 N–H and O–H groups in total. The molecule has 2 aliphatic rings. The predicted molar refractivity (Wildman–Crippen MR) is 71.5 cm³/mol. The second-order valence-corrected chi connectivity index (χ2v) is 5.13. The fourth-order valence-corrected chi connectivity index (χ4v) is 2.64. The highest BCUT2D eigenvalue weighted by Crippen LogP contribution is 2.41. The molecule has 0 amide bonds. The molecule has 1 aromatic rings. The molecule has 0 saturated carbocycles. The number of piperazine rings is 1. The number of hydrogen-bond donors (Lipinski definition) is 0. The molecule has 98 valence electrons. The Balaban J connectivity index is 1.75. The van der Waals surface area contributed by atoms with Crippen molar-refractivity contribution in [3.8, 4) is 11.5 Å². The summed E-state index contributed by atoms with van der Waals surface area (Å²) in [6.45, 7) is 9.19. The molecule has 0 bridgehead atoms. The van der Waals surface area contributed by atoms with Crippen molar-refractivity contribution in [3.05, 3.63) is 18.2 Å². The summed E-state index contributed by atoms with van der Waals surface area (Å²) in [5.41, 5.74) is 1.17. The second-order valence-electron chi connectivity index (χ2n) is 5.13. The van der Waals surface area contributed by atoms with Crippen LogP contribution in [0.5, 0.6) is 11.5 Å². The van der Waals surface area contributed by atoms with E-state index < -0.39 is 0 Å². The first kappa shape index (κ1) is 11.7. The van der Waals surface area contributed by atoms with Gasteiger partial charge in [-0.25, -0.2) is 0 Å². The number of fused-ring (bicyclic) bond motifs is 1. The molecule has 1 fully saturated rings. The summed E-state index contributed by atoms with van der Waals surface area (Å²) < 4.78 is 11.0. The Labute approximate surface area is 108 Å². The monoisotopic (exact) mass is 248 g/mol. The van der Waals surface area contributed by atoms with Gasteiger partial charge in [0, 0.05) is 32.2 Å². The van der Waals surface area contributed by atoms with Gasteiger partial charge in [0.1, 0.15) is 0 Å². The molecule has 0 radical (unpaired) electrons. The number of hydrogen-bond acceptors (Lipinski definition) is 4. The Morgan fingerprint density at radius 2 is 1.83 bits per heavy atom. The maximum atomic E-state index is 5.58. The van der Waals surface area contributed by atoms with Gasteiger partial charge in [0.25, 0.3) is 0 Å². The molecule has 1 aromatic carbocycles. The fourth-order valence-electron chi connectivity index (χ4n) is 2.64. The molecule has 4 nitrogen and oxygen atoms in total. The van der Waals surface area contributed by atoms with Crippen LogP contribution in [0.1, 0.15) is 13.8 Å². The molecular formula is C14H20N2O2. The first-order valence-electron chi connectivity index (χ1n) is 6.63. The van der Waals surface area contributed by atoms with E-state index in [1.54, 1.807) is 0 Å². The minimum atomic E-state index is 0.346. The topological polar surface area (TPSA) is 24.9 Å². The van der Waals surface area contributed by atoms with Gasteiger partial charge in [-0.05, 0) is 26.0 Å². The average Bonchev–Trinajstić information content (AvgIpc) is 2.87. The summed E-state index contributed by atoms with van der Waals surface area (Å²) >= 11 is 0. The standard InChI is InChI=1S/C14H20N2O2/c1-11(2)15-6-8-16(9-7-15)12-4-3-5-13-14(12)18-10-17-13/h3-5,11H,6-10H2,1-2H3. The van der Waals surface area contributed by atoms with Gasteiger partial charge in [0.05, 0.1) is 5.69 Å². The summed E-state index contributed by atoms with van der Waals surface area (Å²) in [5, 5.41) is 0. The Hall–Kier alpha value is -1.42. The summed E-state index contributed by atoms with van der Waals surface area (Å²) in [6, 6.07) is 6.76. The maximum absolute atomic E-state index is 5.58. The van der Waals surface area contributed by atoms with Crippen LogP contribution in [0.25, 0.3) is 0 Å². The van der Waals surface area contributed by atoms with E-state index in [1.807, 2.05) is 12.1 Å². The molecule has 3 rings (SSSR count). The van der Waals surface area contributed by atoms with Gasteiger partial charge in [-0.15, -0.1) is 0 Å². The van der Waals surface area contributed by atoms with Crippen LogP contribution in [-0.4, -0.2) is 43.9 Å². The quantitative estimate of drug-likeness (QED) is 0.798. The predicted octanol–water partition coefficient (Wildman–Crippen LogP) is 1.95. The lowest BCUT2D eigenvalue weighted by Gasteiger charge is -2.38. The largest absolute Gasteiger partial charge is 0.454 e. The van der Waals surface area contributed by atoms with E-state index in [9.17, 15) is 0 Å². The Morgan fingerprint density at radius 3 is 2.56 bits per heavy atom. The molecule has 0 spiro atoms. The number of para-hydroxylation sites is 1. The highest BCUT2D eigenvalue weighted by molar-refractivity contribution is 5.65. The molecule has 0 aliphatic carbocycles. The number of ether oxygens (including phenoxy) is 2. The average molecular weight is 248 g/mol. The van der Waals surface area contributed by atoms with Crippen LogP contribution in [0.2, 0.25) is 0 Å². The summed E-state index contributed by atoms with van der Waals surface area (Å²) in [4.78, 5) is 4.91. The number of nitrogens with zero attached hydrogens (tertiary/aromatic N) is 2. The van der Waals surface area contributed by atoms with E-state index in [1.165, 1.54) is 5.69 Å². The van der Waals surface area contributed by atoms with Crippen LogP contribution in [0.3, 0.4) is 0 Å². The van der Waals surface area contributed by atoms with Crippen molar-refractivity contribution in [1.29, 1.82) is 0 Å². The third-order valence-corrected chi connectivity index (χ3v) is 3.76. The number of rotatable bonds is 2. The molecule has 2 aliphatic heterocycles. The molecular weight excluding hydrogens is 228 g/mol. The first-order valence-corrected chi connectivity index (χ1v) is 6.63. The van der Waals surface area contributed by atoms with E-state index in [-0.39, 0.29) is 0 Å². The first-order chi connectivity index (χ1) is 8.75. The van der Waals surface area contributed by atoms with Crippen LogP contribution in [-0.2, 0) is 0 Å². The number of anilines is 1. The fraction of sp³-hybridized carbons (Fsp3) is 0.571. The van der Waals surface area contributed by atoms with E-state index in [0.29, 0.717) is 12.8 Å². The minimum Gasteiger partial charge on any atom is -0.454 e. The lowest BCUT2D eigenvalue weighted by atomic mass is 10.2. The highest BCUT2D eigenvalue weighted by Gasteiger charge is 2.24. The van der Waals surface area contributed by atoms with Crippen LogP contribution in [0, 0.1) is 0 Å². The molecule has 1 saturated heterocycles. The molecule has 0 atom stereocenters. The molecule has 0 aromatic heterocycles. The smallest absolute Gasteiger partial charge is 0.231 e. The lowest BCUT2D eigenvalue weighted by Crippen LogP contribution is -2.48. The minimum absolute atomic E-state index is 0.346. The third kappa shape index (κ3) is 2.01. The Morgan fingerprint density at radius 1 is 1.06 bits per heavy atom. The molecule has 18 heavy (non-hydrogen) atoms. The van der Waals surface area contributed by atoms with Crippen molar-refractivity contribution in [2.75, 3.05) is 37.9 Å². The van der Waals surface area contributed by atoms with Crippen molar-refractivity contribution in [2.24, 2.45) is 0 Å². The number of benzene rings is 1. The molecule has 4 heteroatoms. The second kappa shape index (κ2) is 4.69. The zero-order chi connectivity index (χ0) is 12.5. The van der Waals surface area contributed by atoms with Gasteiger partial charge >= 0.3 is 0 Å². The lowest BCUT2D eigenvalue weighted by molar-refractivity contribution is 0.173. The summed E-state index contributed by atoms with van der Waals surface area (Å²) in [7, 11) is 0. The zero-order valence-electron chi connectivity index (χ0n) is 11.1. The van der Waals surface area contributed by atoms with Gasteiger partial charge in [-0.1, -0.05) is 6.07 Å². The van der Waals surface area contributed by atoms with Gasteiger partial charge in [-0.3, -0.25) is 4.90 Å². The SMILES string of the molecule is CC(C)N1CCN(c2cccc3c2OCO3)CC1. The van der Waals surface area contributed by atoms with Gasteiger partial charge in [0.2, 0.25) is 6.79 Å².